The first-order chi connectivity index (χ1) is 15.1. The van der Waals surface area contributed by atoms with Gasteiger partial charge in [-0.3, -0.25) is 9.69 Å². The van der Waals surface area contributed by atoms with Crippen LogP contribution in [-0.4, -0.2) is 108 Å². The highest BCUT2D eigenvalue weighted by molar-refractivity contribution is 7.91. The molecule has 9 nitrogen and oxygen atoms in total. The minimum absolute atomic E-state index is 0.0333. The number of benzene rings is 1. The second kappa shape index (κ2) is 8.92. The molecule has 1 unspecified atom stereocenters. The van der Waals surface area contributed by atoms with E-state index in [-0.39, 0.29) is 28.4 Å². The van der Waals surface area contributed by atoms with Gasteiger partial charge in [0.1, 0.15) is 0 Å². The van der Waals surface area contributed by atoms with Crippen LogP contribution in [0.5, 0.6) is 0 Å². The van der Waals surface area contributed by atoms with Crippen molar-refractivity contribution >= 4 is 31.5 Å². The van der Waals surface area contributed by atoms with E-state index < -0.39 is 19.9 Å². The summed E-state index contributed by atoms with van der Waals surface area (Å²) < 4.78 is 50.2. The summed E-state index contributed by atoms with van der Waals surface area (Å²) in [6.07, 6.45) is 2.75. The Balaban J connectivity index is 1.55. The fraction of sp³-hybridized carbons (Fsp3) is 0.667. The number of carbonyl (C=O) groups is 1. The van der Waals surface area contributed by atoms with E-state index >= 15 is 0 Å². The van der Waals surface area contributed by atoms with Gasteiger partial charge in [0, 0.05) is 65.1 Å². The molecule has 0 bridgehead atoms. The standard InChI is InChI=1S/C21H32N4O5S2/c1-22(2)32(29,30)18-5-6-20(24-8-3-4-9-24)19(15-18)21(26)25-12-10-23(11-13-25)17-7-14-31(27,28)16-17/h5-6,15,17H,3-4,7-14,16H2,1-2H3. The maximum absolute atomic E-state index is 13.5. The van der Waals surface area contributed by atoms with Crippen LogP contribution in [0.15, 0.2) is 23.1 Å². The van der Waals surface area contributed by atoms with Crippen LogP contribution in [0.25, 0.3) is 0 Å². The van der Waals surface area contributed by atoms with Gasteiger partial charge in [-0.1, -0.05) is 0 Å². The number of rotatable bonds is 5. The van der Waals surface area contributed by atoms with Crippen LogP contribution in [0.1, 0.15) is 29.6 Å². The van der Waals surface area contributed by atoms with Crippen LogP contribution in [0.3, 0.4) is 0 Å². The zero-order valence-electron chi connectivity index (χ0n) is 18.7. The third kappa shape index (κ3) is 4.66. The van der Waals surface area contributed by atoms with Gasteiger partial charge in [-0.2, -0.15) is 0 Å². The molecular weight excluding hydrogens is 452 g/mol. The molecule has 0 radical (unpaired) electrons. The number of carbonyl (C=O) groups excluding carboxylic acids is 1. The Kier molecular flexibility index (Phi) is 6.54. The van der Waals surface area contributed by atoms with E-state index in [1.54, 1.807) is 17.0 Å². The number of piperazine rings is 1. The number of sulfone groups is 1. The molecule has 3 aliphatic rings. The van der Waals surface area contributed by atoms with Gasteiger partial charge in [-0.25, -0.2) is 21.1 Å². The summed E-state index contributed by atoms with van der Waals surface area (Å²) in [6.45, 7) is 3.95. The molecule has 3 saturated heterocycles. The van der Waals surface area contributed by atoms with Crippen molar-refractivity contribution in [3.05, 3.63) is 23.8 Å². The Morgan fingerprint density at radius 1 is 1.03 bits per heavy atom. The first-order valence-corrected chi connectivity index (χ1v) is 14.4. The number of hydrogen-bond acceptors (Lipinski definition) is 7. The molecule has 1 atom stereocenters. The summed E-state index contributed by atoms with van der Waals surface area (Å²) in [5.74, 6) is 0.273. The van der Waals surface area contributed by atoms with Crippen molar-refractivity contribution in [1.29, 1.82) is 0 Å². The Labute approximate surface area is 190 Å². The van der Waals surface area contributed by atoms with Crippen LogP contribution >= 0.6 is 0 Å². The van der Waals surface area contributed by atoms with Gasteiger partial charge >= 0.3 is 0 Å². The monoisotopic (exact) mass is 484 g/mol. The molecule has 1 aromatic carbocycles. The van der Waals surface area contributed by atoms with Crippen molar-refractivity contribution in [2.75, 3.05) is 69.8 Å². The van der Waals surface area contributed by atoms with Crippen molar-refractivity contribution < 1.29 is 21.6 Å². The van der Waals surface area contributed by atoms with E-state index in [1.807, 2.05) is 0 Å². The number of nitrogens with zero attached hydrogens (tertiary/aromatic N) is 4. The van der Waals surface area contributed by atoms with Gasteiger partial charge in [-0.15, -0.1) is 0 Å². The van der Waals surface area contributed by atoms with E-state index in [1.165, 1.54) is 20.2 Å². The second-order valence-electron chi connectivity index (χ2n) is 9.05. The average Bonchev–Trinajstić information content (AvgIpc) is 3.42. The maximum atomic E-state index is 13.5. The normalized spacial score (nSPS) is 24.4. The lowest BCUT2D eigenvalue weighted by Crippen LogP contribution is -2.52. The predicted octanol–water partition coefficient (Wildman–Crippen LogP) is 0.482. The third-order valence-electron chi connectivity index (χ3n) is 6.75. The van der Waals surface area contributed by atoms with Crippen LogP contribution in [0, 0.1) is 0 Å². The van der Waals surface area contributed by atoms with Gasteiger partial charge < -0.3 is 9.80 Å². The summed E-state index contributed by atoms with van der Waals surface area (Å²) in [7, 11) is -3.64. The number of hydrogen-bond donors (Lipinski definition) is 0. The zero-order chi connectivity index (χ0) is 23.1. The van der Waals surface area contributed by atoms with Gasteiger partial charge in [0.25, 0.3) is 5.91 Å². The molecule has 11 heteroatoms. The minimum Gasteiger partial charge on any atom is -0.371 e. The molecule has 0 aliphatic carbocycles. The van der Waals surface area contributed by atoms with Gasteiger partial charge in [0.2, 0.25) is 10.0 Å². The molecule has 3 heterocycles. The summed E-state index contributed by atoms with van der Waals surface area (Å²) in [6, 6.07) is 4.89. The Morgan fingerprint density at radius 2 is 1.69 bits per heavy atom. The number of sulfonamides is 1. The minimum atomic E-state index is -3.66. The van der Waals surface area contributed by atoms with Gasteiger partial charge in [0.05, 0.1) is 22.0 Å². The molecule has 0 saturated carbocycles. The molecule has 0 aromatic heterocycles. The molecule has 1 amide bonds. The fourth-order valence-corrected chi connectivity index (χ4v) is 7.51. The average molecular weight is 485 g/mol. The summed E-state index contributed by atoms with van der Waals surface area (Å²) in [5, 5.41) is 0. The van der Waals surface area contributed by atoms with E-state index in [4.69, 9.17) is 0 Å². The molecule has 3 fully saturated rings. The largest absolute Gasteiger partial charge is 0.371 e. The first kappa shape index (κ1) is 23.5. The summed E-state index contributed by atoms with van der Waals surface area (Å²) in [5.41, 5.74) is 1.21. The Morgan fingerprint density at radius 3 is 2.25 bits per heavy atom. The van der Waals surface area contributed by atoms with Crippen molar-refractivity contribution in [3.63, 3.8) is 0 Å². The SMILES string of the molecule is CN(C)S(=O)(=O)c1ccc(N2CCCC2)c(C(=O)N2CCN(C3CCS(=O)(=O)C3)CC2)c1. The quantitative estimate of drug-likeness (QED) is 0.600. The molecule has 4 rings (SSSR count). The molecule has 32 heavy (non-hydrogen) atoms. The second-order valence-corrected chi connectivity index (χ2v) is 13.4. The van der Waals surface area contributed by atoms with Crippen LogP contribution in [-0.2, 0) is 19.9 Å². The smallest absolute Gasteiger partial charge is 0.256 e. The van der Waals surface area contributed by atoms with Gasteiger partial charge in [-0.05, 0) is 37.5 Å². The van der Waals surface area contributed by atoms with Crippen molar-refractivity contribution in [3.8, 4) is 0 Å². The van der Waals surface area contributed by atoms with Crippen molar-refractivity contribution in [1.82, 2.24) is 14.1 Å². The zero-order valence-corrected chi connectivity index (χ0v) is 20.4. The highest BCUT2D eigenvalue weighted by Gasteiger charge is 2.35. The predicted molar refractivity (Wildman–Crippen MR) is 123 cm³/mol. The highest BCUT2D eigenvalue weighted by Crippen LogP contribution is 2.30. The topological polar surface area (TPSA) is 98.3 Å². The first-order valence-electron chi connectivity index (χ1n) is 11.1. The van der Waals surface area contributed by atoms with Crippen molar-refractivity contribution in [2.24, 2.45) is 0 Å². The van der Waals surface area contributed by atoms with E-state index in [0.29, 0.717) is 38.2 Å². The third-order valence-corrected chi connectivity index (χ3v) is 10.3. The van der Waals surface area contributed by atoms with Gasteiger partial charge in [0.15, 0.2) is 9.84 Å². The highest BCUT2D eigenvalue weighted by atomic mass is 32.2. The lowest BCUT2D eigenvalue weighted by Gasteiger charge is -2.38. The van der Waals surface area contributed by atoms with E-state index in [0.717, 1.165) is 35.9 Å². The number of amides is 1. The molecule has 3 aliphatic heterocycles. The summed E-state index contributed by atoms with van der Waals surface area (Å²) in [4.78, 5) is 19.7. The maximum Gasteiger partial charge on any atom is 0.256 e. The van der Waals surface area contributed by atoms with Crippen LogP contribution in [0.4, 0.5) is 5.69 Å². The Hall–Kier alpha value is -1.69. The summed E-state index contributed by atoms with van der Waals surface area (Å²) >= 11 is 0. The van der Waals surface area contributed by atoms with E-state index in [9.17, 15) is 21.6 Å². The lowest BCUT2D eigenvalue weighted by molar-refractivity contribution is 0.0588. The molecular formula is C21H32N4O5S2. The lowest BCUT2D eigenvalue weighted by atomic mass is 10.1. The van der Waals surface area contributed by atoms with E-state index in [2.05, 4.69) is 9.80 Å². The fourth-order valence-electron chi connectivity index (χ4n) is 4.82. The van der Waals surface area contributed by atoms with Crippen LogP contribution in [0.2, 0.25) is 0 Å². The molecule has 0 spiro atoms. The molecule has 0 N–H and O–H groups in total. The molecule has 1 aromatic rings. The van der Waals surface area contributed by atoms with Crippen molar-refractivity contribution in [2.45, 2.75) is 30.2 Å². The number of anilines is 1. The van der Waals surface area contributed by atoms with Crippen LogP contribution < -0.4 is 4.90 Å². The Bertz CT molecular complexity index is 1070. The molecule has 178 valence electrons.